The Bertz CT molecular complexity index is 924. The van der Waals surface area contributed by atoms with E-state index in [9.17, 15) is 14.0 Å². The van der Waals surface area contributed by atoms with Crippen LogP contribution in [0.4, 0.5) is 4.39 Å². The molecule has 138 valence electrons. The third-order valence-electron chi connectivity index (χ3n) is 4.05. The van der Waals surface area contributed by atoms with Crippen LogP contribution in [0.1, 0.15) is 33.9 Å². The second-order valence-electron chi connectivity index (χ2n) is 6.08. The zero-order chi connectivity index (χ0) is 19.2. The molecule has 3 aromatic rings. The molecule has 0 aliphatic rings. The molecular weight excluding hydrogens is 349 g/mol. The van der Waals surface area contributed by atoms with Crippen molar-refractivity contribution < 1.29 is 19.1 Å². The number of benzene rings is 2. The number of nitrogens with zero attached hydrogens (tertiary/aromatic N) is 2. The minimum atomic E-state index is -1.06. The van der Waals surface area contributed by atoms with Gasteiger partial charge in [-0.15, -0.1) is 0 Å². The van der Waals surface area contributed by atoms with Crippen molar-refractivity contribution in [2.75, 3.05) is 0 Å². The molecule has 1 atom stereocenters. The Labute approximate surface area is 155 Å². The number of carbonyl (C=O) groups is 2. The van der Waals surface area contributed by atoms with Gasteiger partial charge in [-0.05, 0) is 41.5 Å². The van der Waals surface area contributed by atoms with Gasteiger partial charge in [0.15, 0.2) is 0 Å². The summed E-state index contributed by atoms with van der Waals surface area (Å²) in [6.07, 6.45) is 3.20. The number of hydrogen-bond acceptors (Lipinski definition) is 3. The van der Waals surface area contributed by atoms with Crippen molar-refractivity contribution in [3.63, 3.8) is 0 Å². The Morgan fingerprint density at radius 2 is 1.93 bits per heavy atom. The summed E-state index contributed by atoms with van der Waals surface area (Å²) in [6, 6.07) is 13.5. The van der Waals surface area contributed by atoms with Gasteiger partial charge >= 0.3 is 5.97 Å². The zero-order valence-electron chi connectivity index (χ0n) is 14.4. The van der Waals surface area contributed by atoms with Gasteiger partial charge in [-0.3, -0.25) is 14.3 Å². The Kier molecular flexibility index (Phi) is 5.61. The van der Waals surface area contributed by atoms with Gasteiger partial charge in [0.1, 0.15) is 5.82 Å². The lowest BCUT2D eigenvalue weighted by Crippen LogP contribution is -2.30. The highest BCUT2D eigenvalue weighted by Crippen LogP contribution is 2.19. The highest BCUT2D eigenvalue weighted by molar-refractivity contribution is 5.94. The van der Waals surface area contributed by atoms with Crippen LogP contribution in [0, 0.1) is 5.82 Å². The lowest BCUT2D eigenvalue weighted by molar-refractivity contribution is -0.137. The Balaban J connectivity index is 1.76. The SMILES string of the molecule is O=C(O)CC(NC(=O)c1cccc(Cn2cccn2)c1)c1ccc(F)cc1. The number of carbonyl (C=O) groups excluding carboxylic acids is 1. The number of carboxylic acids is 1. The first-order valence-electron chi connectivity index (χ1n) is 8.36. The molecule has 2 N–H and O–H groups in total. The highest BCUT2D eigenvalue weighted by atomic mass is 19.1. The van der Waals surface area contributed by atoms with Crippen molar-refractivity contribution in [3.05, 3.63) is 89.5 Å². The van der Waals surface area contributed by atoms with Crippen LogP contribution in [0.25, 0.3) is 0 Å². The van der Waals surface area contributed by atoms with E-state index in [1.165, 1.54) is 24.3 Å². The average Bonchev–Trinajstić information content (AvgIpc) is 3.14. The predicted octanol–water partition coefficient (Wildman–Crippen LogP) is 3.02. The second-order valence-corrected chi connectivity index (χ2v) is 6.08. The van der Waals surface area contributed by atoms with E-state index in [2.05, 4.69) is 10.4 Å². The first-order chi connectivity index (χ1) is 13.0. The zero-order valence-corrected chi connectivity index (χ0v) is 14.4. The summed E-state index contributed by atoms with van der Waals surface area (Å²) >= 11 is 0. The molecule has 27 heavy (non-hydrogen) atoms. The molecule has 0 aliphatic carbocycles. The largest absolute Gasteiger partial charge is 0.481 e. The van der Waals surface area contributed by atoms with Gasteiger partial charge in [0.05, 0.1) is 19.0 Å². The van der Waals surface area contributed by atoms with Crippen LogP contribution < -0.4 is 5.32 Å². The normalized spacial score (nSPS) is 11.7. The number of rotatable bonds is 7. The van der Waals surface area contributed by atoms with E-state index in [1.54, 1.807) is 29.1 Å². The van der Waals surface area contributed by atoms with Gasteiger partial charge in [-0.25, -0.2) is 4.39 Å². The smallest absolute Gasteiger partial charge is 0.305 e. The van der Waals surface area contributed by atoms with E-state index in [1.807, 2.05) is 18.3 Å². The highest BCUT2D eigenvalue weighted by Gasteiger charge is 2.19. The standard InChI is InChI=1S/C20H18FN3O3/c21-17-7-5-15(6-8-17)18(12-19(25)26)23-20(27)16-4-1-3-14(11-16)13-24-10-2-9-22-24/h1-11,18H,12-13H2,(H,23,27)(H,25,26). The number of aliphatic carboxylic acids is 1. The summed E-state index contributed by atoms with van der Waals surface area (Å²) in [4.78, 5) is 23.8. The number of halogens is 1. The Morgan fingerprint density at radius 1 is 1.15 bits per heavy atom. The van der Waals surface area contributed by atoms with Crippen molar-refractivity contribution in [1.29, 1.82) is 0 Å². The van der Waals surface area contributed by atoms with E-state index in [0.29, 0.717) is 17.7 Å². The number of hydrogen-bond donors (Lipinski definition) is 2. The van der Waals surface area contributed by atoms with E-state index in [0.717, 1.165) is 5.56 Å². The summed E-state index contributed by atoms with van der Waals surface area (Å²) in [7, 11) is 0. The third kappa shape index (κ3) is 5.01. The monoisotopic (exact) mass is 367 g/mol. The van der Waals surface area contributed by atoms with Crippen LogP contribution in [-0.4, -0.2) is 26.8 Å². The van der Waals surface area contributed by atoms with E-state index >= 15 is 0 Å². The lowest BCUT2D eigenvalue weighted by atomic mass is 10.0. The molecule has 3 rings (SSSR count). The lowest BCUT2D eigenvalue weighted by Gasteiger charge is -2.18. The third-order valence-corrected chi connectivity index (χ3v) is 4.05. The van der Waals surface area contributed by atoms with Crippen molar-refractivity contribution >= 4 is 11.9 Å². The van der Waals surface area contributed by atoms with Crippen molar-refractivity contribution in [3.8, 4) is 0 Å². The molecule has 0 bridgehead atoms. The molecular formula is C20H18FN3O3. The van der Waals surface area contributed by atoms with Gasteiger partial charge < -0.3 is 10.4 Å². The Morgan fingerprint density at radius 3 is 2.59 bits per heavy atom. The summed E-state index contributed by atoms with van der Waals surface area (Å²) in [6.45, 7) is 0.518. The van der Waals surface area contributed by atoms with Crippen LogP contribution in [0.2, 0.25) is 0 Å². The topological polar surface area (TPSA) is 84.2 Å². The molecule has 1 aromatic heterocycles. The van der Waals surface area contributed by atoms with Crippen molar-refractivity contribution in [1.82, 2.24) is 15.1 Å². The van der Waals surface area contributed by atoms with Crippen LogP contribution in [-0.2, 0) is 11.3 Å². The fourth-order valence-electron chi connectivity index (χ4n) is 2.76. The van der Waals surface area contributed by atoms with Crippen LogP contribution in [0.15, 0.2) is 67.0 Å². The summed E-state index contributed by atoms with van der Waals surface area (Å²) in [5, 5.41) is 16.0. The fraction of sp³-hybridized carbons (Fsp3) is 0.150. The molecule has 0 saturated carbocycles. The molecule has 7 heteroatoms. The minimum absolute atomic E-state index is 0.301. The molecule has 0 spiro atoms. The van der Waals surface area contributed by atoms with Gasteiger partial charge in [0.25, 0.3) is 5.91 Å². The Hall–Kier alpha value is -3.48. The summed E-state index contributed by atoms with van der Waals surface area (Å²) < 4.78 is 14.9. The molecule has 1 heterocycles. The van der Waals surface area contributed by atoms with Crippen LogP contribution in [0.5, 0.6) is 0 Å². The van der Waals surface area contributed by atoms with Crippen LogP contribution >= 0.6 is 0 Å². The molecule has 1 unspecified atom stereocenters. The first kappa shape index (κ1) is 18.3. The molecule has 1 amide bonds. The number of aromatic nitrogens is 2. The van der Waals surface area contributed by atoms with Crippen molar-refractivity contribution in [2.45, 2.75) is 19.0 Å². The van der Waals surface area contributed by atoms with E-state index in [-0.39, 0.29) is 6.42 Å². The summed E-state index contributed by atoms with van der Waals surface area (Å²) in [5.41, 5.74) is 1.83. The van der Waals surface area contributed by atoms with E-state index in [4.69, 9.17) is 5.11 Å². The van der Waals surface area contributed by atoms with E-state index < -0.39 is 23.7 Å². The average molecular weight is 367 g/mol. The quantitative estimate of drug-likeness (QED) is 0.672. The molecule has 2 aromatic carbocycles. The molecule has 0 saturated heterocycles. The maximum atomic E-state index is 13.1. The second kappa shape index (κ2) is 8.27. The maximum absolute atomic E-state index is 13.1. The molecule has 6 nitrogen and oxygen atoms in total. The molecule has 0 aliphatic heterocycles. The van der Waals surface area contributed by atoms with Gasteiger partial charge in [0, 0.05) is 18.0 Å². The van der Waals surface area contributed by atoms with Gasteiger partial charge in [0.2, 0.25) is 0 Å². The minimum Gasteiger partial charge on any atom is -0.481 e. The molecule has 0 fully saturated rings. The molecule has 0 radical (unpaired) electrons. The number of amides is 1. The number of nitrogens with one attached hydrogen (secondary N) is 1. The predicted molar refractivity (Wildman–Crippen MR) is 96.6 cm³/mol. The van der Waals surface area contributed by atoms with Gasteiger partial charge in [-0.1, -0.05) is 24.3 Å². The summed E-state index contributed by atoms with van der Waals surface area (Å²) in [5.74, 6) is -1.88. The van der Waals surface area contributed by atoms with Gasteiger partial charge in [-0.2, -0.15) is 5.10 Å². The maximum Gasteiger partial charge on any atom is 0.305 e. The first-order valence-corrected chi connectivity index (χ1v) is 8.36. The number of carboxylic acid groups (broad SMARTS) is 1. The van der Waals surface area contributed by atoms with Crippen LogP contribution in [0.3, 0.4) is 0 Å². The van der Waals surface area contributed by atoms with Crippen molar-refractivity contribution in [2.24, 2.45) is 0 Å². The fourth-order valence-corrected chi connectivity index (χ4v) is 2.76.